The van der Waals surface area contributed by atoms with E-state index >= 15 is 0 Å². The molecule has 116 valence electrons. The number of hydrogen-bond acceptors (Lipinski definition) is 4. The number of pyridine rings is 2. The molecule has 2 aromatic rings. The van der Waals surface area contributed by atoms with Gasteiger partial charge in [-0.15, -0.1) is 0 Å². The average Bonchev–Trinajstić information content (AvgIpc) is 2.58. The summed E-state index contributed by atoms with van der Waals surface area (Å²) >= 11 is 0. The van der Waals surface area contributed by atoms with Crippen molar-refractivity contribution in [2.45, 2.75) is 25.7 Å². The Morgan fingerprint density at radius 1 is 0.818 bits per heavy atom. The van der Waals surface area contributed by atoms with E-state index in [0.717, 1.165) is 24.8 Å². The van der Waals surface area contributed by atoms with Gasteiger partial charge in [0.1, 0.15) is 0 Å². The summed E-state index contributed by atoms with van der Waals surface area (Å²) < 4.78 is 0. The van der Waals surface area contributed by atoms with Crippen LogP contribution in [0.5, 0.6) is 0 Å². The minimum atomic E-state index is 0.123. The van der Waals surface area contributed by atoms with E-state index in [2.05, 4.69) is 21.8 Å². The van der Waals surface area contributed by atoms with Gasteiger partial charge in [0.15, 0.2) is 0 Å². The third kappa shape index (κ3) is 8.85. The summed E-state index contributed by atoms with van der Waals surface area (Å²) in [7, 11) is 0. The van der Waals surface area contributed by atoms with Crippen LogP contribution < -0.4 is 0 Å². The minimum Gasteiger partial charge on any atom is -0.396 e. The van der Waals surface area contributed by atoms with Crippen LogP contribution in [0.25, 0.3) is 0 Å². The SMILES string of the molecule is OCCC#Cc1ccncc1.OCCCCc1ccncc1. The predicted octanol–water partition coefficient (Wildman–Crippen LogP) is 2.21. The van der Waals surface area contributed by atoms with Gasteiger partial charge in [-0.2, -0.15) is 0 Å². The lowest BCUT2D eigenvalue weighted by molar-refractivity contribution is 0.284. The highest BCUT2D eigenvalue weighted by Crippen LogP contribution is 2.02. The summed E-state index contributed by atoms with van der Waals surface area (Å²) in [6.45, 7) is 0.420. The fourth-order valence-corrected chi connectivity index (χ4v) is 1.65. The van der Waals surface area contributed by atoms with Crippen molar-refractivity contribution in [1.82, 2.24) is 9.97 Å². The van der Waals surface area contributed by atoms with Crippen LogP contribution in [0.2, 0.25) is 0 Å². The van der Waals surface area contributed by atoms with Gasteiger partial charge in [0.25, 0.3) is 0 Å². The zero-order valence-electron chi connectivity index (χ0n) is 12.7. The molecule has 0 radical (unpaired) electrons. The van der Waals surface area contributed by atoms with Crippen molar-refractivity contribution in [3.8, 4) is 11.8 Å². The molecule has 0 aliphatic rings. The van der Waals surface area contributed by atoms with Crippen LogP contribution in [0.1, 0.15) is 30.4 Å². The number of unbranched alkanes of at least 4 members (excludes halogenated alkanes) is 1. The molecule has 0 saturated heterocycles. The fourth-order valence-electron chi connectivity index (χ4n) is 1.65. The van der Waals surface area contributed by atoms with Crippen molar-refractivity contribution in [3.05, 3.63) is 60.2 Å². The zero-order chi connectivity index (χ0) is 15.9. The maximum Gasteiger partial charge on any atom is 0.0540 e. The van der Waals surface area contributed by atoms with Gasteiger partial charge in [-0.05, 0) is 49.1 Å². The molecular weight excluding hydrogens is 276 g/mol. The molecule has 0 saturated carbocycles. The Hall–Kier alpha value is -2.22. The van der Waals surface area contributed by atoms with Crippen LogP contribution >= 0.6 is 0 Å². The second kappa shape index (κ2) is 12.5. The largest absolute Gasteiger partial charge is 0.396 e. The van der Waals surface area contributed by atoms with Crippen molar-refractivity contribution in [2.75, 3.05) is 13.2 Å². The first-order valence-electron chi connectivity index (χ1n) is 7.36. The number of aliphatic hydroxyl groups excluding tert-OH is 2. The highest BCUT2D eigenvalue weighted by atomic mass is 16.3. The Bertz CT molecular complexity index is 548. The molecule has 0 aromatic carbocycles. The van der Waals surface area contributed by atoms with E-state index in [1.54, 1.807) is 24.8 Å². The van der Waals surface area contributed by atoms with Gasteiger partial charge in [-0.1, -0.05) is 11.8 Å². The van der Waals surface area contributed by atoms with Crippen molar-refractivity contribution in [1.29, 1.82) is 0 Å². The highest BCUT2D eigenvalue weighted by molar-refractivity contribution is 5.31. The van der Waals surface area contributed by atoms with E-state index < -0.39 is 0 Å². The topological polar surface area (TPSA) is 66.2 Å². The van der Waals surface area contributed by atoms with Crippen LogP contribution in [0.15, 0.2) is 49.1 Å². The fraction of sp³-hybridized carbons (Fsp3) is 0.333. The van der Waals surface area contributed by atoms with Gasteiger partial charge in [0.05, 0.1) is 6.61 Å². The maximum atomic E-state index is 8.53. The Balaban J connectivity index is 0.000000220. The molecule has 4 nitrogen and oxygen atoms in total. The summed E-state index contributed by atoms with van der Waals surface area (Å²) in [5.41, 5.74) is 2.24. The van der Waals surface area contributed by atoms with Gasteiger partial charge in [-0.3, -0.25) is 9.97 Å². The summed E-state index contributed by atoms with van der Waals surface area (Å²) in [6, 6.07) is 7.70. The van der Waals surface area contributed by atoms with Crippen molar-refractivity contribution < 1.29 is 10.2 Å². The van der Waals surface area contributed by atoms with E-state index in [9.17, 15) is 0 Å². The number of rotatable bonds is 5. The van der Waals surface area contributed by atoms with Crippen LogP contribution in [-0.2, 0) is 6.42 Å². The van der Waals surface area contributed by atoms with E-state index in [4.69, 9.17) is 10.2 Å². The Kier molecular flexibility index (Phi) is 10.1. The summed E-state index contributed by atoms with van der Waals surface area (Å²) in [5.74, 6) is 5.72. The quantitative estimate of drug-likeness (QED) is 0.656. The molecule has 0 spiro atoms. The normalized spacial score (nSPS) is 9.18. The Labute approximate surface area is 131 Å². The number of hydrogen-bond donors (Lipinski definition) is 2. The summed E-state index contributed by atoms with van der Waals surface area (Å²) in [6.07, 6.45) is 10.5. The van der Waals surface area contributed by atoms with E-state index in [-0.39, 0.29) is 6.61 Å². The molecule has 2 heterocycles. The molecule has 0 fully saturated rings. The molecule has 22 heavy (non-hydrogen) atoms. The molecule has 2 aromatic heterocycles. The molecule has 0 atom stereocenters. The molecule has 2 N–H and O–H groups in total. The summed E-state index contributed by atoms with van der Waals surface area (Å²) in [5, 5.41) is 17.0. The molecule has 4 heteroatoms. The van der Waals surface area contributed by atoms with Gasteiger partial charge >= 0.3 is 0 Å². The third-order valence-corrected chi connectivity index (χ3v) is 2.77. The first-order valence-corrected chi connectivity index (χ1v) is 7.36. The van der Waals surface area contributed by atoms with Gasteiger partial charge in [-0.25, -0.2) is 0 Å². The van der Waals surface area contributed by atoms with Crippen molar-refractivity contribution in [2.24, 2.45) is 0 Å². The molecule has 0 unspecified atom stereocenters. The number of nitrogens with zero attached hydrogens (tertiary/aromatic N) is 2. The molecule has 0 aliphatic carbocycles. The molecule has 0 aliphatic heterocycles. The van der Waals surface area contributed by atoms with Crippen LogP contribution in [-0.4, -0.2) is 33.4 Å². The monoisotopic (exact) mass is 298 g/mol. The van der Waals surface area contributed by atoms with Gasteiger partial charge < -0.3 is 10.2 Å². The average molecular weight is 298 g/mol. The standard InChI is InChI=1S/C9H13NO.C9H9NO/c2*11-8-2-1-3-9-4-6-10-7-5-9/h4-7,11H,1-3,8H2;4-7,11H,2,8H2. The van der Waals surface area contributed by atoms with Crippen molar-refractivity contribution >= 4 is 0 Å². The Morgan fingerprint density at radius 2 is 1.45 bits per heavy atom. The van der Waals surface area contributed by atoms with Gasteiger partial charge in [0.2, 0.25) is 0 Å². The maximum absolute atomic E-state index is 8.53. The lowest BCUT2D eigenvalue weighted by Gasteiger charge is -1.97. The molecular formula is C18H22N2O2. The second-order valence-corrected chi connectivity index (χ2v) is 4.55. The highest BCUT2D eigenvalue weighted by Gasteiger charge is 1.90. The number of aliphatic hydroxyl groups is 2. The van der Waals surface area contributed by atoms with Crippen molar-refractivity contribution in [3.63, 3.8) is 0 Å². The zero-order valence-corrected chi connectivity index (χ0v) is 12.7. The minimum absolute atomic E-state index is 0.123. The molecule has 0 bridgehead atoms. The van der Waals surface area contributed by atoms with Crippen LogP contribution in [0, 0.1) is 11.8 Å². The lowest BCUT2D eigenvalue weighted by atomic mass is 10.1. The molecule has 2 rings (SSSR count). The summed E-state index contributed by atoms with van der Waals surface area (Å²) in [4.78, 5) is 7.78. The Morgan fingerprint density at radius 3 is 2.05 bits per heavy atom. The number of aryl methyl sites for hydroxylation is 1. The van der Waals surface area contributed by atoms with Crippen LogP contribution in [0.4, 0.5) is 0 Å². The lowest BCUT2D eigenvalue weighted by Crippen LogP contribution is -1.88. The van der Waals surface area contributed by atoms with E-state index in [1.165, 1.54) is 5.56 Å². The van der Waals surface area contributed by atoms with E-state index in [0.29, 0.717) is 13.0 Å². The third-order valence-electron chi connectivity index (χ3n) is 2.77. The van der Waals surface area contributed by atoms with Gasteiger partial charge in [0, 0.05) is 43.4 Å². The number of aromatic nitrogens is 2. The predicted molar refractivity (Wildman–Crippen MR) is 87.1 cm³/mol. The first kappa shape index (κ1) is 17.8. The smallest absolute Gasteiger partial charge is 0.0540 e. The second-order valence-electron chi connectivity index (χ2n) is 4.55. The van der Waals surface area contributed by atoms with Crippen LogP contribution in [0.3, 0.4) is 0 Å². The molecule has 0 amide bonds. The van der Waals surface area contributed by atoms with E-state index in [1.807, 2.05) is 24.3 Å². The first-order chi connectivity index (χ1) is 10.9.